The van der Waals surface area contributed by atoms with Gasteiger partial charge in [-0.25, -0.2) is 4.39 Å². The van der Waals surface area contributed by atoms with E-state index in [9.17, 15) is 17.6 Å². The molecule has 0 heterocycles. The zero-order valence-electron chi connectivity index (χ0n) is 15.4. The first-order chi connectivity index (χ1) is 12.8. The molecule has 6 heteroatoms. The maximum atomic E-state index is 15.0. The molecule has 27 heavy (non-hydrogen) atoms. The average Bonchev–Trinajstić information content (AvgIpc) is 2.67. The molecule has 0 aromatic heterocycles. The van der Waals surface area contributed by atoms with Crippen LogP contribution in [0, 0.1) is 5.92 Å². The zero-order valence-corrected chi connectivity index (χ0v) is 15.4. The van der Waals surface area contributed by atoms with E-state index in [1.807, 2.05) is 37.4 Å². The lowest BCUT2D eigenvalue weighted by Crippen LogP contribution is -2.51. The normalized spacial score (nSPS) is 31.6. The lowest BCUT2D eigenvalue weighted by molar-refractivity contribution is -0.223. The monoisotopic (exact) mass is 382 g/mol. The van der Waals surface area contributed by atoms with E-state index in [-0.39, 0.29) is 12.6 Å². The van der Waals surface area contributed by atoms with E-state index >= 15 is 0 Å². The predicted octanol–water partition coefficient (Wildman–Crippen LogP) is 4.65. The number of nitrogens with one attached hydrogen (secondary N) is 2. The van der Waals surface area contributed by atoms with Crippen LogP contribution in [0.1, 0.15) is 31.2 Å². The van der Waals surface area contributed by atoms with Gasteiger partial charge in [-0.2, -0.15) is 13.2 Å². The van der Waals surface area contributed by atoms with Gasteiger partial charge in [0.15, 0.2) is 0 Å². The topological polar surface area (TPSA) is 24.1 Å². The lowest BCUT2D eigenvalue weighted by atomic mass is 9.80. The fourth-order valence-corrected chi connectivity index (χ4v) is 3.94. The molecular formula is C21H26F4N2. The molecule has 1 aromatic carbocycles. The van der Waals surface area contributed by atoms with E-state index in [1.165, 1.54) is 12.2 Å². The molecule has 0 radical (unpaired) electrons. The summed E-state index contributed by atoms with van der Waals surface area (Å²) in [5.41, 5.74) is -1.93. The second-order valence-corrected chi connectivity index (χ2v) is 7.44. The molecule has 2 aliphatic carbocycles. The SMILES string of the molecule is CNC1CCC(NCC2C=C(c3ccccc3)C=CC2(F)C(F)(F)F)CC1. The van der Waals surface area contributed by atoms with Gasteiger partial charge in [0.1, 0.15) is 0 Å². The van der Waals surface area contributed by atoms with Gasteiger partial charge in [-0.1, -0.05) is 42.5 Å². The molecule has 3 rings (SSSR count). The molecule has 0 bridgehead atoms. The summed E-state index contributed by atoms with van der Waals surface area (Å²) < 4.78 is 55.4. The smallest absolute Gasteiger partial charge is 0.317 e. The van der Waals surface area contributed by atoms with Gasteiger partial charge in [-0.3, -0.25) is 0 Å². The standard InChI is InChI=1S/C21H26F4N2/c1-26-18-7-9-19(10-8-18)27-14-17-13-16(15-5-3-2-4-6-15)11-12-20(17,22)21(23,24)25/h2-6,11-13,17-19,26-27H,7-10,14H2,1H3. The van der Waals surface area contributed by atoms with Crippen LogP contribution in [0.5, 0.6) is 0 Å². The van der Waals surface area contributed by atoms with Crippen LogP contribution in [-0.2, 0) is 0 Å². The summed E-state index contributed by atoms with van der Waals surface area (Å²) in [6, 6.07) is 9.70. The Morgan fingerprint density at radius 1 is 1.04 bits per heavy atom. The lowest BCUT2D eigenvalue weighted by Gasteiger charge is -2.36. The minimum atomic E-state index is -4.95. The van der Waals surface area contributed by atoms with E-state index in [1.54, 1.807) is 0 Å². The number of allylic oxidation sites excluding steroid dienone is 3. The first kappa shape index (κ1) is 20.1. The summed E-state index contributed by atoms with van der Waals surface area (Å²) in [7, 11) is 1.92. The van der Waals surface area contributed by atoms with Crippen LogP contribution in [0.4, 0.5) is 17.6 Å². The highest BCUT2D eigenvalue weighted by atomic mass is 19.4. The minimum Gasteiger partial charge on any atom is -0.317 e. The van der Waals surface area contributed by atoms with E-state index in [2.05, 4.69) is 10.6 Å². The largest absolute Gasteiger partial charge is 0.426 e. The summed E-state index contributed by atoms with van der Waals surface area (Å²) >= 11 is 0. The third kappa shape index (κ3) is 4.43. The van der Waals surface area contributed by atoms with Crippen molar-refractivity contribution in [2.24, 2.45) is 5.92 Å². The predicted molar refractivity (Wildman–Crippen MR) is 100 cm³/mol. The van der Waals surface area contributed by atoms with Crippen molar-refractivity contribution in [1.29, 1.82) is 0 Å². The van der Waals surface area contributed by atoms with Gasteiger partial charge in [0.25, 0.3) is 0 Å². The maximum absolute atomic E-state index is 15.0. The second-order valence-electron chi connectivity index (χ2n) is 7.44. The Hall–Kier alpha value is -1.66. The third-order valence-electron chi connectivity index (χ3n) is 5.73. The highest BCUT2D eigenvalue weighted by Gasteiger charge is 2.59. The fraction of sp³-hybridized carbons (Fsp3) is 0.524. The van der Waals surface area contributed by atoms with Crippen LogP contribution in [0.25, 0.3) is 5.57 Å². The van der Waals surface area contributed by atoms with Crippen molar-refractivity contribution in [2.45, 2.75) is 49.6 Å². The number of hydrogen-bond donors (Lipinski definition) is 2. The van der Waals surface area contributed by atoms with Gasteiger partial charge in [0, 0.05) is 24.5 Å². The van der Waals surface area contributed by atoms with Gasteiger partial charge in [0.05, 0.1) is 0 Å². The van der Waals surface area contributed by atoms with E-state index in [4.69, 9.17) is 0 Å². The number of alkyl halides is 4. The van der Waals surface area contributed by atoms with Crippen LogP contribution in [0.3, 0.4) is 0 Å². The van der Waals surface area contributed by atoms with Crippen molar-refractivity contribution in [3.63, 3.8) is 0 Å². The molecule has 2 atom stereocenters. The Morgan fingerprint density at radius 3 is 2.26 bits per heavy atom. The summed E-state index contributed by atoms with van der Waals surface area (Å²) in [5, 5.41) is 6.42. The Kier molecular flexibility index (Phi) is 6.06. The van der Waals surface area contributed by atoms with Crippen molar-refractivity contribution >= 4 is 5.57 Å². The van der Waals surface area contributed by atoms with Gasteiger partial charge in [-0.05, 0) is 49.9 Å². The van der Waals surface area contributed by atoms with Crippen LogP contribution >= 0.6 is 0 Å². The molecule has 0 amide bonds. The van der Waals surface area contributed by atoms with Crippen molar-refractivity contribution in [3.8, 4) is 0 Å². The van der Waals surface area contributed by atoms with Gasteiger partial charge in [-0.15, -0.1) is 0 Å². The molecule has 0 saturated heterocycles. The Bertz CT molecular complexity index is 675. The van der Waals surface area contributed by atoms with Crippen molar-refractivity contribution < 1.29 is 17.6 Å². The number of halogens is 4. The molecule has 1 fully saturated rings. The van der Waals surface area contributed by atoms with Crippen molar-refractivity contribution in [2.75, 3.05) is 13.6 Å². The molecule has 2 unspecified atom stereocenters. The molecule has 0 spiro atoms. The van der Waals surface area contributed by atoms with Gasteiger partial charge < -0.3 is 10.6 Å². The van der Waals surface area contributed by atoms with Crippen LogP contribution < -0.4 is 10.6 Å². The van der Waals surface area contributed by atoms with Crippen LogP contribution in [0.2, 0.25) is 0 Å². The molecule has 1 aromatic rings. The van der Waals surface area contributed by atoms with Gasteiger partial charge in [0.2, 0.25) is 5.67 Å². The highest BCUT2D eigenvalue weighted by Crippen LogP contribution is 2.45. The van der Waals surface area contributed by atoms with Crippen molar-refractivity contribution in [1.82, 2.24) is 10.6 Å². The van der Waals surface area contributed by atoms with Crippen LogP contribution in [-0.4, -0.2) is 37.5 Å². The molecule has 0 aliphatic heterocycles. The number of benzene rings is 1. The number of hydrogen-bond acceptors (Lipinski definition) is 2. The molecular weight excluding hydrogens is 356 g/mol. The Morgan fingerprint density at radius 2 is 1.67 bits per heavy atom. The quantitative estimate of drug-likeness (QED) is 0.725. The zero-order chi connectivity index (χ0) is 19.5. The summed E-state index contributed by atoms with van der Waals surface area (Å²) in [6.07, 6.45) is 2.13. The summed E-state index contributed by atoms with van der Waals surface area (Å²) in [4.78, 5) is 0. The van der Waals surface area contributed by atoms with E-state index in [0.717, 1.165) is 31.2 Å². The first-order valence-corrected chi connectivity index (χ1v) is 9.46. The molecule has 2 N–H and O–H groups in total. The molecule has 2 aliphatic rings. The van der Waals surface area contributed by atoms with Crippen molar-refractivity contribution in [3.05, 3.63) is 54.1 Å². The second kappa shape index (κ2) is 8.15. The summed E-state index contributed by atoms with van der Waals surface area (Å²) in [6.45, 7) is -0.0361. The summed E-state index contributed by atoms with van der Waals surface area (Å²) in [5.74, 6) is -1.29. The fourth-order valence-electron chi connectivity index (χ4n) is 3.94. The first-order valence-electron chi connectivity index (χ1n) is 9.46. The molecule has 1 saturated carbocycles. The van der Waals surface area contributed by atoms with Gasteiger partial charge >= 0.3 is 6.18 Å². The maximum Gasteiger partial charge on any atom is 0.426 e. The minimum absolute atomic E-state index is 0.0361. The number of rotatable bonds is 5. The van der Waals surface area contributed by atoms with Crippen LogP contribution in [0.15, 0.2) is 48.6 Å². The van der Waals surface area contributed by atoms with E-state index in [0.29, 0.717) is 17.7 Å². The Balaban J connectivity index is 1.75. The molecule has 2 nitrogen and oxygen atoms in total. The highest BCUT2D eigenvalue weighted by molar-refractivity contribution is 5.76. The Labute approximate surface area is 157 Å². The molecule has 148 valence electrons. The van der Waals surface area contributed by atoms with E-state index < -0.39 is 17.8 Å². The average molecular weight is 382 g/mol. The third-order valence-corrected chi connectivity index (χ3v) is 5.73.